The summed E-state index contributed by atoms with van der Waals surface area (Å²) in [6.45, 7) is 2.37. The first-order valence-corrected chi connectivity index (χ1v) is 5.15. The molecule has 0 aromatic carbocycles. The summed E-state index contributed by atoms with van der Waals surface area (Å²) in [4.78, 5) is 2.33. The summed E-state index contributed by atoms with van der Waals surface area (Å²) in [6.07, 6.45) is 11.4. The van der Waals surface area contributed by atoms with E-state index in [1.54, 1.807) is 0 Å². The minimum absolute atomic E-state index is 0.632. The first-order valence-electron chi connectivity index (χ1n) is 5.15. The third-order valence-electron chi connectivity index (χ3n) is 3.08. The van der Waals surface area contributed by atoms with Gasteiger partial charge in [0, 0.05) is 13.1 Å². The van der Waals surface area contributed by atoms with Crippen LogP contribution in [0.2, 0.25) is 0 Å². The number of allylic oxidation sites excluding steroid dienone is 2. The summed E-state index contributed by atoms with van der Waals surface area (Å²) in [5.41, 5.74) is 0. The van der Waals surface area contributed by atoms with Crippen LogP contribution in [0.1, 0.15) is 12.8 Å². The van der Waals surface area contributed by atoms with Crippen LogP contribution in [0.25, 0.3) is 0 Å². The highest BCUT2D eigenvalue weighted by molar-refractivity contribution is 5.14. The molecule has 1 N–H and O–H groups in total. The molecule has 2 heterocycles. The Morgan fingerprint density at radius 1 is 1.23 bits per heavy atom. The normalized spacial score (nSPS) is 29.6. The number of nitrogens with zero attached hydrogens (tertiary/aromatic N) is 1. The van der Waals surface area contributed by atoms with Crippen molar-refractivity contribution >= 4 is 0 Å². The second-order valence-electron chi connectivity index (χ2n) is 3.97. The molecule has 1 unspecified atom stereocenters. The molecule has 2 aliphatic heterocycles. The van der Waals surface area contributed by atoms with Gasteiger partial charge in [0.15, 0.2) is 0 Å². The molecule has 0 spiro atoms. The van der Waals surface area contributed by atoms with E-state index < -0.39 is 0 Å². The van der Waals surface area contributed by atoms with Gasteiger partial charge in [0.25, 0.3) is 0 Å². The van der Waals surface area contributed by atoms with Gasteiger partial charge in [0.1, 0.15) is 0 Å². The average molecular weight is 178 g/mol. The highest BCUT2D eigenvalue weighted by Gasteiger charge is 2.23. The summed E-state index contributed by atoms with van der Waals surface area (Å²) in [7, 11) is 2.17. The minimum atomic E-state index is 0.632. The van der Waals surface area contributed by atoms with Gasteiger partial charge in [0.05, 0.1) is 0 Å². The van der Waals surface area contributed by atoms with Crippen LogP contribution in [0.15, 0.2) is 24.4 Å². The summed E-state index contributed by atoms with van der Waals surface area (Å²) >= 11 is 0. The fourth-order valence-corrected chi connectivity index (χ4v) is 2.27. The number of hydrogen-bond donors (Lipinski definition) is 1. The third-order valence-corrected chi connectivity index (χ3v) is 3.08. The minimum Gasteiger partial charge on any atom is -0.374 e. The van der Waals surface area contributed by atoms with Crippen LogP contribution in [0.5, 0.6) is 0 Å². The molecular weight excluding hydrogens is 160 g/mol. The molecule has 0 aromatic rings. The van der Waals surface area contributed by atoms with Gasteiger partial charge in [0.2, 0.25) is 0 Å². The molecule has 0 aromatic heterocycles. The number of rotatable bonds is 1. The van der Waals surface area contributed by atoms with E-state index in [1.807, 2.05) is 0 Å². The highest BCUT2D eigenvalue weighted by Crippen LogP contribution is 2.23. The lowest BCUT2D eigenvalue weighted by molar-refractivity contribution is 0.231. The SMILES string of the molecule is CN1C=CC=CC1C1CCNCC1. The quantitative estimate of drug-likeness (QED) is 0.652. The van der Waals surface area contributed by atoms with Crippen molar-refractivity contribution in [2.24, 2.45) is 5.92 Å². The Kier molecular flexibility index (Phi) is 2.69. The molecule has 0 radical (unpaired) electrons. The molecule has 0 bridgehead atoms. The zero-order chi connectivity index (χ0) is 9.10. The van der Waals surface area contributed by atoms with Crippen LogP contribution in [0.3, 0.4) is 0 Å². The topological polar surface area (TPSA) is 15.3 Å². The first kappa shape index (κ1) is 8.82. The molecule has 0 saturated carbocycles. The second-order valence-corrected chi connectivity index (χ2v) is 3.97. The van der Waals surface area contributed by atoms with Gasteiger partial charge in [-0.05, 0) is 44.1 Å². The molecule has 2 rings (SSSR count). The largest absolute Gasteiger partial charge is 0.374 e. The summed E-state index contributed by atoms with van der Waals surface area (Å²) < 4.78 is 0. The molecule has 13 heavy (non-hydrogen) atoms. The molecule has 0 amide bonds. The van der Waals surface area contributed by atoms with E-state index in [0.717, 1.165) is 5.92 Å². The van der Waals surface area contributed by atoms with Crippen molar-refractivity contribution in [3.8, 4) is 0 Å². The maximum atomic E-state index is 3.41. The van der Waals surface area contributed by atoms with E-state index in [2.05, 4.69) is 41.7 Å². The van der Waals surface area contributed by atoms with Crippen LogP contribution in [-0.4, -0.2) is 31.1 Å². The van der Waals surface area contributed by atoms with Gasteiger partial charge >= 0.3 is 0 Å². The van der Waals surface area contributed by atoms with E-state index in [9.17, 15) is 0 Å². The van der Waals surface area contributed by atoms with Crippen molar-refractivity contribution in [1.82, 2.24) is 10.2 Å². The number of piperidine rings is 1. The van der Waals surface area contributed by atoms with E-state index in [4.69, 9.17) is 0 Å². The summed E-state index contributed by atoms with van der Waals surface area (Å²) in [5, 5.41) is 3.41. The maximum Gasteiger partial charge on any atom is 0.0496 e. The smallest absolute Gasteiger partial charge is 0.0496 e. The molecule has 1 fully saturated rings. The molecule has 0 aliphatic carbocycles. The maximum absolute atomic E-state index is 3.41. The van der Waals surface area contributed by atoms with Crippen LogP contribution in [0, 0.1) is 5.92 Å². The number of hydrogen-bond acceptors (Lipinski definition) is 2. The van der Waals surface area contributed by atoms with Crippen LogP contribution >= 0.6 is 0 Å². The average Bonchev–Trinajstić information content (AvgIpc) is 2.20. The number of likely N-dealkylation sites (N-methyl/N-ethyl adjacent to an activating group) is 1. The van der Waals surface area contributed by atoms with Gasteiger partial charge in [-0.25, -0.2) is 0 Å². The zero-order valence-corrected chi connectivity index (χ0v) is 8.24. The molecule has 2 nitrogen and oxygen atoms in total. The Labute approximate surface area is 80.3 Å². The van der Waals surface area contributed by atoms with E-state index in [0.29, 0.717) is 6.04 Å². The lowest BCUT2D eigenvalue weighted by Gasteiger charge is -2.35. The van der Waals surface area contributed by atoms with Crippen molar-refractivity contribution in [1.29, 1.82) is 0 Å². The van der Waals surface area contributed by atoms with E-state index in [1.165, 1.54) is 25.9 Å². The van der Waals surface area contributed by atoms with E-state index in [-0.39, 0.29) is 0 Å². The summed E-state index contributed by atoms with van der Waals surface area (Å²) in [6, 6.07) is 0.632. The predicted molar refractivity (Wildman–Crippen MR) is 55.4 cm³/mol. The standard InChI is InChI=1S/C11H18N2/c1-13-9-3-2-4-11(13)10-5-7-12-8-6-10/h2-4,9-12H,5-8H2,1H3. The van der Waals surface area contributed by atoms with Crippen molar-refractivity contribution in [3.05, 3.63) is 24.4 Å². The number of nitrogens with one attached hydrogen (secondary N) is 1. The van der Waals surface area contributed by atoms with Gasteiger partial charge in [-0.2, -0.15) is 0 Å². The Hall–Kier alpha value is -0.760. The van der Waals surface area contributed by atoms with Crippen molar-refractivity contribution in [2.75, 3.05) is 20.1 Å². The summed E-state index contributed by atoms with van der Waals surface area (Å²) in [5.74, 6) is 0.840. The fraction of sp³-hybridized carbons (Fsp3) is 0.636. The van der Waals surface area contributed by atoms with Gasteiger partial charge in [-0.1, -0.05) is 12.2 Å². The Balaban J connectivity index is 1.98. The van der Waals surface area contributed by atoms with Crippen LogP contribution in [0.4, 0.5) is 0 Å². The van der Waals surface area contributed by atoms with Crippen molar-refractivity contribution in [2.45, 2.75) is 18.9 Å². The monoisotopic (exact) mass is 178 g/mol. The molecule has 2 heteroatoms. The van der Waals surface area contributed by atoms with Crippen LogP contribution < -0.4 is 5.32 Å². The predicted octanol–water partition coefficient (Wildman–Crippen LogP) is 1.37. The molecular formula is C11H18N2. The highest BCUT2D eigenvalue weighted by atomic mass is 15.1. The first-order chi connectivity index (χ1) is 6.38. The van der Waals surface area contributed by atoms with Gasteiger partial charge in [-0.15, -0.1) is 0 Å². The fourth-order valence-electron chi connectivity index (χ4n) is 2.27. The second kappa shape index (κ2) is 3.97. The van der Waals surface area contributed by atoms with Crippen LogP contribution in [-0.2, 0) is 0 Å². The Bertz CT molecular complexity index is 214. The lowest BCUT2D eigenvalue weighted by Crippen LogP contribution is -2.40. The molecule has 1 atom stereocenters. The zero-order valence-electron chi connectivity index (χ0n) is 8.24. The van der Waals surface area contributed by atoms with Gasteiger partial charge < -0.3 is 10.2 Å². The third kappa shape index (κ3) is 1.94. The van der Waals surface area contributed by atoms with E-state index >= 15 is 0 Å². The Morgan fingerprint density at radius 2 is 2.00 bits per heavy atom. The molecule has 1 saturated heterocycles. The molecule has 72 valence electrons. The van der Waals surface area contributed by atoms with Crippen molar-refractivity contribution < 1.29 is 0 Å². The van der Waals surface area contributed by atoms with Gasteiger partial charge in [-0.3, -0.25) is 0 Å². The lowest BCUT2D eigenvalue weighted by atomic mass is 9.88. The molecule has 2 aliphatic rings. The van der Waals surface area contributed by atoms with Crippen molar-refractivity contribution in [3.63, 3.8) is 0 Å². The Morgan fingerprint density at radius 3 is 2.69 bits per heavy atom.